The molecule has 0 saturated heterocycles. The molecule has 8 heteroatoms. The average Bonchev–Trinajstić information content (AvgIpc) is 2.26. The first-order chi connectivity index (χ1) is 9.22. The normalized spacial score (nSPS) is 14.7. The van der Waals surface area contributed by atoms with Crippen molar-refractivity contribution in [1.82, 2.24) is 4.98 Å². The van der Waals surface area contributed by atoms with Crippen LogP contribution in [0, 0.1) is 0 Å². The zero-order valence-corrected chi connectivity index (χ0v) is 12.4. The molecule has 0 bridgehead atoms. The maximum absolute atomic E-state index is 12.8. The number of alkyl halides is 3. The van der Waals surface area contributed by atoms with Crippen molar-refractivity contribution in [2.45, 2.75) is 26.1 Å². The molecule has 20 heavy (non-hydrogen) atoms. The van der Waals surface area contributed by atoms with Gasteiger partial charge >= 0.3 is 6.18 Å². The summed E-state index contributed by atoms with van der Waals surface area (Å²) >= 11 is 0. The molecule has 0 aliphatic heterocycles. The summed E-state index contributed by atoms with van der Waals surface area (Å²) in [5, 5.41) is 5.60. The number of hydrogen-bond acceptors (Lipinski definition) is 4. The van der Waals surface area contributed by atoms with Crippen molar-refractivity contribution < 1.29 is 17.4 Å². The molecule has 0 spiro atoms. The molecule has 0 radical (unpaired) electrons. The van der Waals surface area contributed by atoms with Crippen molar-refractivity contribution in [1.29, 1.82) is 0 Å². The van der Waals surface area contributed by atoms with Crippen LogP contribution in [0.5, 0.6) is 0 Å². The molecule has 0 saturated carbocycles. The molecule has 1 heterocycles. The van der Waals surface area contributed by atoms with Crippen molar-refractivity contribution in [3.63, 3.8) is 0 Å². The highest BCUT2D eigenvalue weighted by Gasteiger charge is 2.31. The topological polar surface area (TPSA) is 54.0 Å². The third-order valence-electron chi connectivity index (χ3n) is 2.39. The van der Waals surface area contributed by atoms with E-state index in [0.29, 0.717) is 12.3 Å². The average molecular weight is 309 g/mol. The summed E-state index contributed by atoms with van der Waals surface area (Å²) in [6.07, 6.45) is -2.89. The van der Waals surface area contributed by atoms with Gasteiger partial charge < -0.3 is 10.6 Å². The van der Waals surface area contributed by atoms with Crippen molar-refractivity contribution in [3.05, 3.63) is 17.7 Å². The molecule has 0 aliphatic carbocycles. The van der Waals surface area contributed by atoms with E-state index in [2.05, 4.69) is 15.6 Å². The van der Waals surface area contributed by atoms with Gasteiger partial charge in [0, 0.05) is 35.4 Å². The van der Waals surface area contributed by atoms with Crippen LogP contribution in [0.15, 0.2) is 12.1 Å². The van der Waals surface area contributed by atoms with Gasteiger partial charge in [0.05, 0.1) is 5.56 Å². The summed E-state index contributed by atoms with van der Waals surface area (Å²) in [7, 11) is -1.03. The van der Waals surface area contributed by atoms with Crippen molar-refractivity contribution >= 4 is 22.4 Å². The fraction of sp³-hybridized carbons (Fsp3) is 0.583. The number of halogens is 3. The molecule has 1 aromatic heterocycles. The summed E-state index contributed by atoms with van der Waals surface area (Å²) in [6.45, 7) is 4.00. The fourth-order valence-corrected chi connectivity index (χ4v) is 2.47. The Balaban J connectivity index is 2.99. The maximum atomic E-state index is 12.8. The molecule has 0 aliphatic rings. The van der Waals surface area contributed by atoms with Crippen LogP contribution in [0.1, 0.15) is 19.4 Å². The Morgan fingerprint density at radius 2 is 1.95 bits per heavy atom. The van der Waals surface area contributed by atoms with Gasteiger partial charge in [0.2, 0.25) is 0 Å². The lowest BCUT2D eigenvalue weighted by Gasteiger charge is -2.16. The minimum Gasteiger partial charge on any atom is -0.370 e. The molecular weight excluding hydrogens is 291 g/mol. The van der Waals surface area contributed by atoms with Gasteiger partial charge in [0.25, 0.3) is 0 Å². The van der Waals surface area contributed by atoms with E-state index in [1.807, 2.05) is 0 Å². The molecule has 2 atom stereocenters. The van der Waals surface area contributed by atoms with E-state index >= 15 is 0 Å². The van der Waals surface area contributed by atoms with Crippen LogP contribution in [0.3, 0.4) is 0 Å². The number of pyridine rings is 1. The van der Waals surface area contributed by atoms with Crippen LogP contribution >= 0.6 is 0 Å². The Morgan fingerprint density at radius 3 is 2.45 bits per heavy atom. The van der Waals surface area contributed by atoms with E-state index in [1.165, 1.54) is 0 Å². The molecule has 2 unspecified atom stereocenters. The highest BCUT2D eigenvalue weighted by Crippen LogP contribution is 2.32. The van der Waals surface area contributed by atoms with E-state index in [1.54, 1.807) is 20.1 Å². The summed E-state index contributed by atoms with van der Waals surface area (Å²) in [5.74, 6) is 0.623. The van der Waals surface area contributed by atoms with Crippen molar-refractivity contribution in [2.75, 3.05) is 29.2 Å². The lowest BCUT2D eigenvalue weighted by molar-refractivity contribution is -0.137. The van der Waals surface area contributed by atoms with Crippen LogP contribution in [0.25, 0.3) is 0 Å². The minimum atomic E-state index is -4.43. The van der Waals surface area contributed by atoms with Gasteiger partial charge in [-0.25, -0.2) is 4.98 Å². The predicted octanol–water partition coefficient (Wildman–Crippen LogP) is 2.71. The monoisotopic (exact) mass is 309 g/mol. The van der Waals surface area contributed by atoms with Crippen molar-refractivity contribution in [3.8, 4) is 0 Å². The van der Waals surface area contributed by atoms with E-state index in [4.69, 9.17) is 0 Å². The molecule has 0 aromatic carbocycles. The van der Waals surface area contributed by atoms with E-state index in [9.17, 15) is 17.4 Å². The van der Waals surface area contributed by atoms with Gasteiger partial charge in [0.15, 0.2) is 0 Å². The lowest BCUT2D eigenvalue weighted by atomic mass is 10.2. The van der Waals surface area contributed by atoms with Crippen LogP contribution in [0.4, 0.5) is 24.8 Å². The number of nitrogens with one attached hydrogen (secondary N) is 2. The SMILES string of the molecule is CCNc1cc(C(F)(F)F)cc(NC(C)CS(C)=O)n1. The zero-order valence-electron chi connectivity index (χ0n) is 11.5. The minimum absolute atomic E-state index is 0.119. The molecule has 1 aromatic rings. The Hall–Kier alpha value is -1.31. The second-order valence-corrected chi connectivity index (χ2v) is 5.92. The van der Waals surface area contributed by atoms with Gasteiger partial charge in [-0.2, -0.15) is 13.2 Å². The van der Waals surface area contributed by atoms with E-state index in [-0.39, 0.29) is 17.7 Å². The van der Waals surface area contributed by atoms with Gasteiger partial charge in [0.1, 0.15) is 11.6 Å². The second-order valence-electron chi connectivity index (χ2n) is 4.44. The Morgan fingerprint density at radius 1 is 1.35 bits per heavy atom. The van der Waals surface area contributed by atoms with E-state index < -0.39 is 22.5 Å². The van der Waals surface area contributed by atoms with Crippen molar-refractivity contribution in [2.24, 2.45) is 0 Å². The number of anilines is 2. The molecular formula is C12H18F3N3OS. The number of hydrogen-bond donors (Lipinski definition) is 2. The zero-order chi connectivity index (χ0) is 15.3. The molecule has 114 valence electrons. The second kappa shape index (κ2) is 6.92. The number of nitrogens with zero attached hydrogens (tertiary/aromatic N) is 1. The summed E-state index contributed by atoms with van der Waals surface area (Å²) in [4.78, 5) is 4.06. The summed E-state index contributed by atoms with van der Waals surface area (Å²) < 4.78 is 49.5. The Labute approximate surface area is 118 Å². The molecule has 0 amide bonds. The van der Waals surface area contributed by atoms with E-state index in [0.717, 1.165) is 12.1 Å². The predicted molar refractivity (Wildman–Crippen MR) is 75.4 cm³/mol. The third-order valence-corrected chi connectivity index (χ3v) is 3.36. The molecule has 4 nitrogen and oxygen atoms in total. The standard InChI is InChI=1S/C12H18F3N3OS/c1-4-16-10-5-9(12(13,14)15)6-11(18-10)17-8(2)7-20(3)19/h5-6,8H,4,7H2,1-3H3,(H2,16,17,18). The first-order valence-corrected chi connectivity index (χ1v) is 7.84. The fourth-order valence-electron chi connectivity index (χ4n) is 1.69. The molecule has 0 fully saturated rings. The van der Waals surface area contributed by atoms with Crippen LogP contribution in [-0.2, 0) is 17.0 Å². The van der Waals surface area contributed by atoms with Crippen LogP contribution < -0.4 is 10.6 Å². The highest BCUT2D eigenvalue weighted by atomic mass is 32.2. The lowest BCUT2D eigenvalue weighted by Crippen LogP contribution is -2.23. The summed E-state index contributed by atoms with van der Waals surface area (Å²) in [5.41, 5.74) is -0.768. The van der Waals surface area contributed by atoms with Gasteiger partial charge in [-0.1, -0.05) is 0 Å². The Kier molecular flexibility index (Phi) is 5.79. The van der Waals surface area contributed by atoms with Gasteiger partial charge in [-0.3, -0.25) is 4.21 Å². The molecule has 1 rings (SSSR count). The van der Waals surface area contributed by atoms with Gasteiger partial charge in [-0.05, 0) is 26.0 Å². The molecule has 2 N–H and O–H groups in total. The first-order valence-electron chi connectivity index (χ1n) is 6.12. The smallest absolute Gasteiger partial charge is 0.370 e. The summed E-state index contributed by atoms with van der Waals surface area (Å²) in [6, 6.07) is 1.69. The first kappa shape index (κ1) is 16.7. The Bertz CT molecular complexity index is 480. The highest BCUT2D eigenvalue weighted by molar-refractivity contribution is 7.84. The van der Waals surface area contributed by atoms with Crippen LogP contribution in [0.2, 0.25) is 0 Å². The quantitative estimate of drug-likeness (QED) is 0.848. The largest absolute Gasteiger partial charge is 0.416 e. The maximum Gasteiger partial charge on any atom is 0.416 e. The van der Waals surface area contributed by atoms with Crippen LogP contribution in [-0.4, -0.2) is 33.8 Å². The number of aromatic nitrogens is 1. The number of rotatable bonds is 6. The third kappa shape index (κ3) is 5.36. The van der Waals surface area contributed by atoms with Gasteiger partial charge in [-0.15, -0.1) is 0 Å².